The standard InChI is InChI=1S/C32H29FN4O2S/c1-22-8-7-17-36(19-22)32-34-31(38)29(40-32)18-25-20-37(26-10-3-2-4-11-26)35-30(25)23-13-15-27(16-14-23)39-21-24-9-5-6-12-28(24)33/h2-6,9-16,18,20,22H,7-8,17,19,21H2,1H3/b29-18-/t22-/m0/s1. The van der Waals surface area contributed by atoms with Crippen molar-refractivity contribution in [3.05, 3.63) is 107 Å². The molecule has 1 saturated heterocycles. The minimum absolute atomic E-state index is 0.142. The third-order valence-corrected chi connectivity index (χ3v) is 8.11. The van der Waals surface area contributed by atoms with Crippen LogP contribution in [0.1, 0.15) is 30.9 Å². The van der Waals surface area contributed by atoms with Gasteiger partial charge in [-0.05, 0) is 79.1 Å². The lowest BCUT2D eigenvalue weighted by Crippen LogP contribution is -2.37. The first kappa shape index (κ1) is 26.1. The van der Waals surface area contributed by atoms with Crippen molar-refractivity contribution in [2.45, 2.75) is 26.4 Å². The number of ether oxygens (including phenoxy) is 1. The average molecular weight is 553 g/mol. The molecule has 4 aromatic rings. The number of amidine groups is 1. The van der Waals surface area contributed by atoms with Crippen LogP contribution in [0.25, 0.3) is 23.0 Å². The molecule has 1 fully saturated rings. The molecule has 1 atom stereocenters. The number of para-hydroxylation sites is 1. The van der Waals surface area contributed by atoms with Gasteiger partial charge >= 0.3 is 0 Å². The summed E-state index contributed by atoms with van der Waals surface area (Å²) in [6.07, 6.45) is 6.15. The van der Waals surface area contributed by atoms with Crippen molar-refractivity contribution >= 4 is 28.9 Å². The molecular weight excluding hydrogens is 523 g/mol. The first-order chi connectivity index (χ1) is 19.5. The highest BCUT2D eigenvalue weighted by Crippen LogP contribution is 2.35. The Kier molecular flexibility index (Phi) is 7.51. The number of halogens is 1. The van der Waals surface area contributed by atoms with E-state index in [1.165, 1.54) is 24.2 Å². The average Bonchev–Trinajstić information content (AvgIpc) is 3.57. The van der Waals surface area contributed by atoms with Gasteiger partial charge in [0.2, 0.25) is 0 Å². The van der Waals surface area contributed by atoms with E-state index in [1.54, 1.807) is 18.2 Å². The Morgan fingerprint density at radius 3 is 2.60 bits per heavy atom. The summed E-state index contributed by atoms with van der Waals surface area (Å²) in [6.45, 7) is 4.24. The molecule has 1 amide bonds. The van der Waals surface area contributed by atoms with Crippen LogP contribution in [-0.2, 0) is 11.4 Å². The second-order valence-electron chi connectivity index (χ2n) is 10.1. The van der Waals surface area contributed by atoms with Crippen molar-refractivity contribution < 1.29 is 13.9 Å². The fraction of sp³-hybridized carbons (Fsp3) is 0.219. The van der Waals surface area contributed by atoms with Gasteiger partial charge in [-0.15, -0.1) is 0 Å². The van der Waals surface area contributed by atoms with Crippen molar-refractivity contribution in [2.75, 3.05) is 13.1 Å². The largest absolute Gasteiger partial charge is 0.489 e. The Labute approximate surface area is 237 Å². The molecule has 2 aliphatic rings. The minimum Gasteiger partial charge on any atom is -0.489 e. The van der Waals surface area contributed by atoms with Gasteiger partial charge in [-0.25, -0.2) is 9.07 Å². The predicted molar refractivity (Wildman–Crippen MR) is 158 cm³/mol. The van der Waals surface area contributed by atoms with Crippen LogP contribution in [0.5, 0.6) is 5.75 Å². The fourth-order valence-corrected chi connectivity index (χ4v) is 5.89. The zero-order valence-electron chi connectivity index (χ0n) is 22.2. The molecular formula is C32H29FN4O2S. The minimum atomic E-state index is -0.287. The van der Waals surface area contributed by atoms with Crippen LogP contribution in [0.4, 0.5) is 4.39 Å². The Bertz CT molecular complexity index is 1580. The molecule has 1 aromatic heterocycles. The van der Waals surface area contributed by atoms with Crippen LogP contribution in [0.15, 0.2) is 95.0 Å². The highest BCUT2D eigenvalue weighted by molar-refractivity contribution is 8.18. The summed E-state index contributed by atoms with van der Waals surface area (Å²) >= 11 is 1.44. The van der Waals surface area contributed by atoms with E-state index in [1.807, 2.05) is 71.6 Å². The van der Waals surface area contributed by atoms with E-state index >= 15 is 0 Å². The maximum Gasteiger partial charge on any atom is 0.286 e. The molecule has 0 N–H and O–H groups in total. The molecule has 2 aliphatic heterocycles. The lowest BCUT2D eigenvalue weighted by molar-refractivity contribution is -0.113. The van der Waals surface area contributed by atoms with Crippen molar-refractivity contribution in [1.29, 1.82) is 0 Å². The normalized spacial score (nSPS) is 18.3. The Morgan fingerprint density at radius 1 is 1.05 bits per heavy atom. The van der Waals surface area contributed by atoms with Gasteiger partial charge in [-0.1, -0.05) is 43.3 Å². The second kappa shape index (κ2) is 11.5. The molecule has 0 bridgehead atoms. The van der Waals surface area contributed by atoms with Gasteiger partial charge in [0.15, 0.2) is 5.17 Å². The summed E-state index contributed by atoms with van der Waals surface area (Å²) in [4.78, 5) is 20.1. The quantitative estimate of drug-likeness (QED) is 0.242. The van der Waals surface area contributed by atoms with E-state index in [-0.39, 0.29) is 18.3 Å². The van der Waals surface area contributed by atoms with Crippen molar-refractivity contribution in [1.82, 2.24) is 14.7 Å². The van der Waals surface area contributed by atoms with Gasteiger partial charge in [0.25, 0.3) is 5.91 Å². The van der Waals surface area contributed by atoms with Crippen molar-refractivity contribution in [3.63, 3.8) is 0 Å². The van der Waals surface area contributed by atoms with Crippen LogP contribution in [0.2, 0.25) is 0 Å². The van der Waals surface area contributed by atoms with Gasteiger partial charge in [0, 0.05) is 36.0 Å². The van der Waals surface area contributed by atoms with Gasteiger partial charge in [-0.2, -0.15) is 10.1 Å². The number of aromatic nitrogens is 2. The van der Waals surface area contributed by atoms with E-state index < -0.39 is 0 Å². The number of thioether (sulfide) groups is 1. The number of hydrogen-bond acceptors (Lipinski definition) is 5. The van der Waals surface area contributed by atoms with E-state index in [4.69, 9.17) is 9.84 Å². The summed E-state index contributed by atoms with van der Waals surface area (Å²) in [5.41, 5.74) is 3.86. The molecule has 0 spiro atoms. The van der Waals surface area contributed by atoms with Crippen LogP contribution < -0.4 is 4.74 Å². The van der Waals surface area contributed by atoms with Gasteiger partial charge in [-0.3, -0.25) is 4.79 Å². The van der Waals surface area contributed by atoms with Crippen LogP contribution in [0.3, 0.4) is 0 Å². The molecule has 0 saturated carbocycles. The van der Waals surface area contributed by atoms with Gasteiger partial charge in [0.05, 0.1) is 16.3 Å². The number of carbonyl (C=O) groups is 1. The summed E-state index contributed by atoms with van der Waals surface area (Å²) in [6, 6.07) is 24.0. The molecule has 6 rings (SSSR count). The molecule has 0 unspecified atom stereocenters. The number of hydrogen-bond donors (Lipinski definition) is 0. The van der Waals surface area contributed by atoms with E-state index in [2.05, 4.69) is 16.8 Å². The van der Waals surface area contributed by atoms with Crippen LogP contribution in [0, 0.1) is 11.7 Å². The highest BCUT2D eigenvalue weighted by atomic mass is 32.2. The Hall–Kier alpha value is -4.17. The van der Waals surface area contributed by atoms with E-state index in [0.717, 1.165) is 47.2 Å². The summed E-state index contributed by atoms with van der Waals surface area (Å²) < 4.78 is 21.6. The number of benzene rings is 3. The third kappa shape index (κ3) is 5.72. The van der Waals surface area contributed by atoms with Crippen molar-refractivity contribution in [2.24, 2.45) is 10.9 Å². The smallest absolute Gasteiger partial charge is 0.286 e. The number of amides is 1. The zero-order valence-corrected chi connectivity index (χ0v) is 23.0. The molecule has 202 valence electrons. The molecule has 3 aromatic carbocycles. The zero-order chi connectivity index (χ0) is 27.5. The molecule has 8 heteroatoms. The van der Waals surface area contributed by atoms with Crippen LogP contribution >= 0.6 is 11.8 Å². The molecule has 3 heterocycles. The number of aliphatic imine (C=N–C) groups is 1. The van der Waals surface area contributed by atoms with Crippen LogP contribution in [-0.4, -0.2) is 38.8 Å². The predicted octanol–water partition coefficient (Wildman–Crippen LogP) is 6.96. The first-order valence-electron chi connectivity index (χ1n) is 13.4. The van der Waals surface area contributed by atoms with E-state index in [9.17, 15) is 9.18 Å². The molecule has 6 nitrogen and oxygen atoms in total. The van der Waals surface area contributed by atoms with Gasteiger partial charge < -0.3 is 9.64 Å². The topological polar surface area (TPSA) is 59.7 Å². The Morgan fingerprint density at radius 2 is 1.82 bits per heavy atom. The fourth-order valence-electron chi connectivity index (χ4n) is 4.95. The first-order valence-corrected chi connectivity index (χ1v) is 14.2. The molecule has 40 heavy (non-hydrogen) atoms. The maximum absolute atomic E-state index is 14.0. The number of rotatable bonds is 6. The number of carbonyl (C=O) groups excluding carboxylic acids is 1. The SMILES string of the molecule is C[C@H]1CCCN(C2=NC(=O)/C(=C/c3cn(-c4ccccc4)nc3-c3ccc(OCc4ccccc4F)cc3)S2)C1. The number of likely N-dealkylation sites (tertiary alicyclic amines) is 1. The summed E-state index contributed by atoms with van der Waals surface area (Å²) in [5, 5.41) is 5.67. The highest BCUT2D eigenvalue weighted by Gasteiger charge is 2.29. The lowest BCUT2D eigenvalue weighted by Gasteiger charge is -2.31. The van der Waals surface area contributed by atoms with E-state index in [0.29, 0.717) is 22.1 Å². The van der Waals surface area contributed by atoms with Gasteiger partial charge in [0.1, 0.15) is 18.2 Å². The lowest BCUT2D eigenvalue weighted by atomic mass is 10.0. The van der Waals surface area contributed by atoms with Crippen molar-refractivity contribution in [3.8, 4) is 22.7 Å². The number of nitrogens with zero attached hydrogens (tertiary/aromatic N) is 4. The third-order valence-electron chi connectivity index (χ3n) is 7.07. The summed E-state index contributed by atoms with van der Waals surface area (Å²) in [7, 11) is 0. The molecule has 0 aliphatic carbocycles. The monoisotopic (exact) mass is 552 g/mol. The maximum atomic E-state index is 14.0. The number of piperidine rings is 1. The molecule has 0 radical (unpaired) electrons. The summed E-state index contributed by atoms with van der Waals surface area (Å²) in [5.74, 6) is 0.720. The second-order valence-corrected chi connectivity index (χ2v) is 11.1. The Balaban J connectivity index is 1.27.